The molecule has 2 fully saturated rings. The number of nitrogens with one attached hydrogen (secondary N) is 1. The van der Waals surface area contributed by atoms with Gasteiger partial charge in [0.25, 0.3) is 0 Å². The minimum absolute atomic E-state index is 0.327. The molecule has 2 aliphatic heterocycles. The van der Waals surface area contributed by atoms with E-state index >= 15 is 0 Å². The summed E-state index contributed by atoms with van der Waals surface area (Å²) in [5.41, 5.74) is 0. The Bertz CT molecular complexity index is 349. The molecule has 0 aromatic rings. The summed E-state index contributed by atoms with van der Waals surface area (Å²) in [4.78, 5) is 7.20. The first-order valence-electron chi connectivity index (χ1n) is 9.17. The highest BCUT2D eigenvalue weighted by Gasteiger charge is 2.21. The van der Waals surface area contributed by atoms with Gasteiger partial charge in [-0.2, -0.15) is 11.8 Å². The van der Waals surface area contributed by atoms with Crippen molar-refractivity contribution in [2.24, 2.45) is 4.99 Å². The topological polar surface area (TPSA) is 46.1 Å². The molecule has 0 spiro atoms. The quantitative estimate of drug-likeness (QED) is 0.416. The molecule has 6 heteroatoms. The van der Waals surface area contributed by atoms with Crippen molar-refractivity contribution in [2.45, 2.75) is 50.9 Å². The summed E-state index contributed by atoms with van der Waals surface area (Å²) >= 11 is 2.09. The molecule has 0 bridgehead atoms. The van der Waals surface area contributed by atoms with Gasteiger partial charge in [0.1, 0.15) is 0 Å². The van der Waals surface area contributed by atoms with Gasteiger partial charge in [0.15, 0.2) is 5.96 Å². The van der Waals surface area contributed by atoms with E-state index in [0.717, 1.165) is 70.1 Å². The van der Waals surface area contributed by atoms with Crippen LogP contribution in [-0.4, -0.2) is 74.0 Å². The first kappa shape index (κ1) is 18.9. The van der Waals surface area contributed by atoms with E-state index in [2.05, 4.69) is 35.8 Å². The molecule has 134 valence electrons. The smallest absolute Gasteiger partial charge is 0.193 e. The standard InChI is InChI=1S/C17H33N3O2S/c1-3-16-13-20(9-12-23-16)17(18-4-2)19-8-6-10-21-14-15-7-5-11-22-15/h15-16H,3-14H2,1-2H3,(H,18,19). The van der Waals surface area contributed by atoms with Gasteiger partial charge >= 0.3 is 0 Å². The normalized spacial score (nSPS) is 25.8. The third-order valence-electron chi connectivity index (χ3n) is 4.26. The van der Waals surface area contributed by atoms with Crippen LogP contribution in [0.4, 0.5) is 0 Å². The Balaban J connectivity index is 1.66. The lowest BCUT2D eigenvalue weighted by molar-refractivity contribution is 0.0170. The summed E-state index contributed by atoms with van der Waals surface area (Å²) in [6.45, 7) is 10.8. The van der Waals surface area contributed by atoms with Crippen LogP contribution < -0.4 is 5.32 Å². The van der Waals surface area contributed by atoms with Crippen molar-refractivity contribution in [2.75, 3.05) is 51.8 Å². The molecule has 2 aliphatic rings. The number of thioether (sulfide) groups is 1. The second-order valence-corrected chi connectivity index (χ2v) is 7.55. The molecule has 0 amide bonds. The predicted molar refractivity (Wildman–Crippen MR) is 98.5 cm³/mol. The third kappa shape index (κ3) is 6.89. The second kappa shape index (κ2) is 11.2. The highest BCUT2D eigenvalue weighted by Crippen LogP contribution is 2.21. The summed E-state index contributed by atoms with van der Waals surface area (Å²) < 4.78 is 11.3. The molecular weight excluding hydrogens is 310 g/mol. The summed E-state index contributed by atoms with van der Waals surface area (Å²) in [7, 11) is 0. The van der Waals surface area contributed by atoms with E-state index in [1.807, 2.05) is 0 Å². The van der Waals surface area contributed by atoms with Crippen molar-refractivity contribution in [3.63, 3.8) is 0 Å². The lowest BCUT2D eigenvalue weighted by Gasteiger charge is -2.34. The number of ether oxygens (including phenoxy) is 2. The van der Waals surface area contributed by atoms with Gasteiger partial charge in [-0.1, -0.05) is 6.92 Å². The SMILES string of the molecule is CCNC(=NCCCOCC1CCCO1)N1CCSC(CC)C1. The van der Waals surface area contributed by atoms with Crippen molar-refractivity contribution in [1.29, 1.82) is 0 Å². The van der Waals surface area contributed by atoms with Gasteiger partial charge in [0.05, 0.1) is 12.7 Å². The van der Waals surface area contributed by atoms with Gasteiger partial charge in [-0.15, -0.1) is 0 Å². The highest BCUT2D eigenvalue weighted by atomic mass is 32.2. The first-order valence-corrected chi connectivity index (χ1v) is 10.2. The average Bonchev–Trinajstić information content (AvgIpc) is 3.10. The molecular formula is C17H33N3O2S. The summed E-state index contributed by atoms with van der Waals surface area (Å²) in [5, 5.41) is 4.18. The van der Waals surface area contributed by atoms with Crippen LogP contribution in [0.15, 0.2) is 4.99 Å². The minimum atomic E-state index is 0.327. The van der Waals surface area contributed by atoms with E-state index in [1.165, 1.54) is 18.6 Å². The summed E-state index contributed by atoms with van der Waals surface area (Å²) in [5.74, 6) is 2.28. The maximum Gasteiger partial charge on any atom is 0.193 e. The molecule has 5 nitrogen and oxygen atoms in total. The molecule has 0 radical (unpaired) electrons. The molecule has 2 atom stereocenters. The van der Waals surface area contributed by atoms with Crippen LogP contribution in [0.5, 0.6) is 0 Å². The maximum atomic E-state index is 5.71. The molecule has 0 aliphatic carbocycles. The van der Waals surface area contributed by atoms with Crippen molar-refractivity contribution < 1.29 is 9.47 Å². The average molecular weight is 344 g/mol. The van der Waals surface area contributed by atoms with Crippen LogP contribution in [0, 0.1) is 0 Å². The van der Waals surface area contributed by atoms with Crippen LogP contribution in [0.1, 0.15) is 39.5 Å². The summed E-state index contributed by atoms with van der Waals surface area (Å²) in [6, 6.07) is 0. The fourth-order valence-electron chi connectivity index (χ4n) is 2.93. The Morgan fingerprint density at radius 1 is 1.43 bits per heavy atom. The maximum absolute atomic E-state index is 5.71. The van der Waals surface area contributed by atoms with Crippen molar-refractivity contribution in [3.05, 3.63) is 0 Å². The van der Waals surface area contributed by atoms with Crippen molar-refractivity contribution in [1.82, 2.24) is 10.2 Å². The second-order valence-electron chi connectivity index (χ2n) is 6.15. The van der Waals surface area contributed by atoms with Crippen molar-refractivity contribution in [3.8, 4) is 0 Å². The van der Waals surface area contributed by atoms with Gasteiger partial charge in [-0.05, 0) is 32.6 Å². The molecule has 2 rings (SSSR count). The number of hydrogen-bond acceptors (Lipinski definition) is 4. The number of aliphatic imine (C=N–C) groups is 1. The van der Waals surface area contributed by atoms with Gasteiger partial charge in [-0.3, -0.25) is 4.99 Å². The largest absolute Gasteiger partial charge is 0.379 e. The first-order chi connectivity index (χ1) is 11.3. The molecule has 0 saturated carbocycles. The number of nitrogens with zero attached hydrogens (tertiary/aromatic N) is 2. The third-order valence-corrected chi connectivity index (χ3v) is 5.64. The Morgan fingerprint density at radius 3 is 3.09 bits per heavy atom. The lowest BCUT2D eigenvalue weighted by atomic mass is 10.2. The van der Waals surface area contributed by atoms with Gasteiger partial charge in [0, 0.05) is 50.4 Å². The zero-order chi connectivity index (χ0) is 16.3. The van der Waals surface area contributed by atoms with E-state index in [9.17, 15) is 0 Å². The van der Waals surface area contributed by atoms with E-state index in [4.69, 9.17) is 14.5 Å². The van der Waals surface area contributed by atoms with E-state index in [1.54, 1.807) is 0 Å². The molecule has 2 saturated heterocycles. The Labute approximate surface area is 145 Å². The molecule has 0 aromatic carbocycles. The van der Waals surface area contributed by atoms with Crippen LogP contribution in [0.3, 0.4) is 0 Å². The molecule has 23 heavy (non-hydrogen) atoms. The number of guanidine groups is 1. The molecule has 1 N–H and O–H groups in total. The minimum Gasteiger partial charge on any atom is -0.379 e. The fourth-order valence-corrected chi connectivity index (χ4v) is 4.11. The van der Waals surface area contributed by atoms with E-state index < -0.39 is 0 Å². The van der Waals surface area contributed by atoms with Gasteiger partial charge < -0.3 is 19.7 Å². The molecule has 2 unspecified atom stereocenters. The van der Waals surface area contributed by atoms with E-state index in [-0.39, 0.29) is 0 Å². The van der Waals surface area contributed by atoms with Crippen LogP contribution >= 0.6 is 11.8 Å². The van der Waals surface area contributed by atoms with Gasteiger partial charge in [0.2, 0.25) is 0 Å². The van der Waals surface area contributed by atoms with E-state index in [0.29, 0.717) is 6.10 Å². The Morgan fingerprint density at radius 2 is 2.35 bits per heavy atom. The number of rotatable bonds is 8. The molecule has 2 heterocycles. The predicted octanol–water partition coefficient (Wildman–Crippen LogP) is 2.37. The zero-order valence-corrected chi connectivity index (χ0v) is 15.6. The highest BCUT2D eigenvalue weighted by molar-refractivity contribution is 8.00. The number of hydrogen-bond donors (Lipinski definition) is 1. The van der Waals surface area contributed by atoms with Crippen LogP contribution in [0.25, 0.3) is 0 Å². The Kier molecular flexibility index (Phi) is 9.15. The zero-order valence-electron chi connectivity index (χ0n) is 14.8. The lowest BCUT2D eigenvalue weighted by Crippen LogP contribution is -2.48. The van der Waals surface area contributed by atoms with Crippen molar-refractivity contribution >= 4 is 17.7 Å². The van der Waals surface area contributed by atoms with Crippen LogP contribution in [-0.2, 0) is 9.47 Å². The van der Waals surface area contributed by atoms with Crippen LogP contribution in [0.2, 0.25) is 0 Å². The molecule has 0 aromatic heterocycles. The Hall–Kier alpha value is -0.460. The summed E-state index contributed by atoms with van der Waals surface area (Å²) in [6.07, 6.45) is 4.86. The monoisotopic (exact) mass is 343 g/mol. The fraction of sp³-hybridized carbons (Fsp3) is 0.941. The van der Waals surface area contributed by atoms with Gasteiger partial charge in [-0.25, -0.2) is 0 Å².